The van der Waals surface area contributed by atoms with E-state index in [1.807, 2.05) is 18.2 Å². The van der Waals surface area contributed by atoms with Gasteiger partial charge in [-0.05, 0) is 67.1 Å². The first-order valence-electron chi connectivity index (χ1n) is 14.8. The van der Waals surface area contributed by atoms with Crippen molar-refractivity contribution in [2.45, 2.75) is 42.7 Å². The van der Waals surface area contributed by atoms with Crippen LogP contribution in [0.4, 0.5) is 10.5 Å². The molecule has 1 heterocycles. The first-order valence-corrected chi connectivity index (χ1v) is 16.2. The third kappa shape index (κ3) is 8.75. The van der Waals surface area contributed by atoms with Gasteiger partial charge in [-0.3, -0.25) is 10.1 Å². The second-order valence-electron chi connectivity index (χ2n) is 11.0. The number of ether oxygens (including phenoxy) is 1. The Morgan fingerprint density at radius 2 is 1.66 bits per heavy atom. The number of hydrogen-bond acceptors (Lipinski definition) is 7. The Kier molecular flexibility index (Phi) is 11.6. The molecular weight excluding hydrogens is 580 g/mol. The first-order chi connectivity index (χ1) is 21.2. The molecule has 4 rings (SSSR count). The highest BCUT2D eigenvalue weighted by atomic mass is 32.2. The van der Waals surface area contributed by atoms with Crippen molar-refractivity contribution in [1.29, 1.82) is 0 Å². The van der Waals surface area contributed by atoms with E-state index in [1.54, 1.807) is 60.5 Å². The highest BCUT2D eigenvalue weighted by molar-refractivity contribution is 7.89. The van der Waals surface area contributed by atoms with Gasteiger partial charge in [-0.2, -0.15) is 0 Å². The van der Waals surface area contributed by atoms with Crippen LogP contribution in [-0.2, 0) is 21.4 Å². The molecule has 0 bridgehead atoms. The van der Waals surface area contributed by atoms with E-state index in [9.17, 15) is 23.3 Å². The zero-order valence-electron chi connectivity index (χ0n) is 25.0. The molecule has 3 aromatic rings. The summed E-state index contributed by atoms with van der Waals surface area (Å²) >= 11 is 0. The van der Waals surface area contributed by atoms with E-state index in [0.717, 1.165) is 44.5 Å². The number of amides is 1. The van der Waals surface area contributed by atoms with Crippen LogP contribution in [0.15, 0.2) is 102 Å². The fourth-order valence-corrected chi connectivity index (χ4v) is 6.75. The molecule has 1 aliphatic rings. The minimum atomic E-state index is -3.61. The van der Waals surface area contributed by atoms with Gasteiger partial charge >= 0.3 is 6.09 Å². The van der Waals surface area contributed by atoms with E-state index in [4.69, 9.17) is 4.74 Å². The number of sulfonamides is 1. The van der Waals surface area contributed by atoms with Crippen molar-refractivity contribution in [1.82, 2.24) is 14.1 Å². The number of carbonyl (C=O) groups is 1. The maximum atomic E-state index is 13.2. The summed E-state index contributed by atoms with van der Waals surface area (Å²) < 4.78 is 33.4. The van der Waals surface area contributed by atoms with E-state index >= 15 is 0 Å². The molecule has 44 heavy (non-hydrogen) atoms. The average molecular weight is 621 g/mol. The normalized spacial score (nSPS) is 15.0. The lowest BCUT2D eigenvalue weighted by Crippen LogP contribution is -2.48. The van der Waals surface area contributed by atoms with Crippen molar-refractivity contribution in [3.8, 4) is 0 Å². The molecule has 0 aromatic heterocycles. The Balaban J connectivity index is 1.32. The number of nitro benzene ring substituents is 1. The Morgan fingerprint density at radius 1 is 1.05 bits per heavy atom. The number of hydrogen-bond donors (Lipinski definition) is 0. The van der Waals surface area contributed by atoms with Gasteiger partial charge in [0.2, 0.25) is 10.0 Å². The van der Waals surface area contributed by atoms with Crippen molar-refractivity contribution in [3.05, 3.63) is 119 Å². The third-order valence-electron chi connectivity index (χ3n) is 8.06. The number of nitro groups is 1. The molecule has 0 radical (unpaired) electrons. The van der Waals surface area contributed by atoms with Gasteiger partial charge in [0.15, 0.2) is 0 Å². The molecule has 1 aliphatic heterocycles. The largest absolute Gasteiger partial charge is 0.445 e. The van der Waals surface area contributed by atoms with Crippen LogP contribution in [0.2, 0.25) is 0 Å². The number of rotatable bonds is 14. The summed E-state index contributed by atoms with van der Waals surface area (Å²) in [4.78, 5) is 27.8. The van der Waals surface area contributed by atoms with E-state index < -0.39 is 21.0 Å². The lowest BCUT2D eigenvalue weighted by Gasteiger charge is -2.38. The van der Waals surface area contributed by atoms with Gasteiger partial charge in [-0.25, -0.2) is 17.5 Å². The monoisotopic (exact) mass is 620 g/mol. The standard InChI is InChI=1S/C33H40N4O6S/c1-3-21-36(33(38)43-26-27-14-16-31(17-15-27)37(39)40)30-19-23-35(24-20-30)22-18-29(28-10-6-4-7-11-28)25-34(2)44(41,42)32-12-8-5-9-13-32/h3-17,29-30H,1,18-26H2,2H3/t29-/m1/s1. The van der Waals surface area contributed by atoms with Crippen LogP contribution in [0, 0.1) is 10.1 Å². The van der Waals surface area contributed by atoms with Gasteiger partial charge in [0.05, 0.1) is 9.82 Å². The number of benzene rings is 3. The number of likely N-dealkylation sites (N-methyl/N-ethyl adjacent to an activating group) is 1. The number of nitrogens with zero attached hydrogens (tertiary/aromatic N) is 4. The quantitative estimate of drug-likeness (QED) is 0.129. The maximum absolute atomic E-state index is 13.2. The van der Waals surface area contributed by atoms with Gasteiger partial charge in [-0.1, -0.05) is 54.6 Å². The van der Waals surface area contributed by atoms with Gasteiger partial charge < -0.3 is 14.5 Å². The molecule has 1 atom stereocenters. The molecular formula is C33H40N4O6S. The minimum Gasteiger partial charge on any atom is -0.445 e. The molecule has 0 spiro atoms. The summed E-state index contributed by atoms with van der Waals surface area (Å²) in [6, 6.07) is 24.5. The summed E-state index contributed by atoms with van der Waals surface area (Å²) in [6.45, 7) is 6.96. The Labute approximate surface area is 259 Å². The van der Waals surface area contributed by atoms with Crippen LogP contribution in [0.25, 0.3) is 0 Å². The third-order valence-corrected chi connectivity index (χ3v) is 9.90. The molecule has 0 N–H and O–H groups in total. The highest BCUT2D eigenvalue weighted by Gasteiger charge is 2.29. The van der Waals surface area contributed by atoms with Crippen LogP contribution >= 0.6 is 0 Å². The average Bonchev–Trinajstić information content (AvgIpc) is 3.05. The predicted octanol–water partition coefficient (Wildman–Crippen LogP) is 5.68. The summed E-state index contributed by atoms with van der Waals surface area (Å²) in [5.74, 6) is 0.0177. The molecule has 1 fully saturated rings. The molecule has 1 saturated heterocycles. The summed E-state index contributed by atoms with van der Waals surface area (Å²) in [5.41, 5.74) is 1.76. The SMILES string of the molecule is C=CCN(C(=O)OCc1ccc([N+](=O)[O-])cc1)C1CCN(CC[C@H](CN(C)S(=O)(=O)c2ccccc2)c2ccccc2)CC1. The Hall–Kier alpha value is -4.06. The molecule has 234 valence electrons. The Morgan fingerprint density at radius 3 is 2.25 bits per heavy atom. The molecule has 1 amide bonds. The summed E-state index contributed by atoms with van der Waals surface area (Å²) in [5, 5.41) is 10.9. The fourth-order valence-electron chi connectivity index (χ4n) is 5.52. The summed E-state index contributed by atoms with van der Waals surface area (Å²) in [7, 11) is -1.97. The number of carbonyl (C=O) groups excluding carboxylic acids is 1. The van der Waals surface area contributed by atoms with Crippen molar-refractivity contribution < 1.29 is 22.9 Å². The number of piperidine rings is 1. The number of non-ortho nitro benzene ring substituents is 1. The molecule has 0 unspecified atom stereocenters. The van der Waals surface area contributed by atoms with Crippen molar-refractivity contribution in [2.75, 3.05) is 39.8 Å². The van der Waals surface area contributed by atoms with E-state index in [0.29, 0.717) is 18.7 Å². The summed E-state index contributed by atoms with van der Waals surface area (Å²) in [6.07, 6.45) is 3.59. The zero-order valence-corrected chi connectivity index (χ0v) is 25.8. The second kappa shape index (κ2) is 15.6. The van der Waals surface area contributed by atoms with Crippen molar-refractivity contribution >= 4 is 21.8 Å². The van der Waals surface area contributed by atoms with E-state index in [2.05, 4.69) is 23.6 Å². The van der Waals surface area contributed by atoms with Crippen LogP contribution in [0.3, 0.4) is 0 Å². The van der Waals surface area contributed by atoms with Crippen molar-refractivity contribution in [2.24, 2.45) is 0 Å². The van der Waals surface area contributed by atoms with Gasteiger partial charge in [0, 0.05) is 51.4 Å². The van der Waals surface area contributed by atoms with Crippen molar-refractivity contribution in [3.63, 3.8) is 0 Å². The number of likely N-dealkylation sites (tertiary alicyclic amines) is 1. The van der Waals surface area contributed by atoms with Gasteiger partial charge in [-0.15, -0.1) is 6.58 Å². The predicted molar refractivity (Wildman–Crippen MR) is 170 cm³/mol. The molecule has 0 aliphatic carbocycles. The van der Waals surface area contributed by atoms with Crippen LogP contribution in [-0.4, -0.2) is 79.4 Å². The fraction of sp³-hybridized carbons (Fsp3) is 0.364. The molecule has 11 heteroatoms. The minimum absolute atomic E-state index is 0.000629. The van der Waals surface area contributed by atoms with E-state index in [1.165, 1.54) is 16.4 Å². The van der Waals surface area contributed by atoms with Crippen LogP contribution in [0.5, 0.6) is 0 Å². The topological polar surface area (TPSA) is 113 Å². The Bertz CT molecular complexity index is 1480. The zero-order chi connectivity index (χ0) is 31.5. The highest BCUT2D eigenvalue weighted by Crippen LogP contribution is 2.26. The molecule has 3 aromatic carbocycles. The molecule has 10 nitrogen and oxygen atoms in total. The smallest absolute Gasteiger partial charge is 0.410 e. The van der Waals surface area contributed by atoms with Gasteiger partial charge in [0.1, 0.15) is 6.61 Å². The maximum Gasteiger partial charge on any atom is 0.410 e. The second-order valence-corrected chi connectivity index (χ2v) is 13.0. The lowest BCUT2D eigenvalue weighted by molar-refractivity contribution is -0.384. The lowest BCUT2D eigenvalue weighted by atomic mass is 9.94. The molecule has 0 saturated carbocycles. The first kappa shape index (κ1) is 32.8. The van der Waals surface area contributed by atoms with Gasteiger partial charge in [0.25, 0.3) is 5.69 Å². The van der Waals surface area contributed by atoms with Crippen LogP contribution in [0.1, 0.15) is 36.3 Å². The van der Waals surface area contributed by atoms with E-state index in [-0.39, 0.29) is 29.1 Å². The van der Waals surface area contributed by atoms with Crippen LogP contribution < -0.4 is 0 Å².